The van der Waals surface area contributed by atoms with Gasteiger partial charge in [0.1, 0.15) is 5.76 Å². The summed E-state index contributed by atoms with van der Waals surface area (Å²) in [6.45, 7) is 2.52. The molecule has 1 saturated carbocycles. The third-order valence-electron chi connectivity index (χ3n) is 4.31. The second-order valence-electron chi connectivity index (χ2n) is 6.23. The van der Waals surface area contributed by atoms with Gasteiger partial charge in [-0.1, -0.05) is 12.8 Å². The Labute approximate surface area is 166 Å². The van der Waals surface area contributed by atoms with Gasteiger partial charge in [0, 0.05) is 44.5 Å². The van der Waals surface area contributed by atoms with Gasteiger partial charge in [0.05, 0.1) is 6.26 Å². The Balaban J connectivity index is 0.00000225. The van der Waals surface area contributed by atoms with Gasteiger partial charge in [-0.3, -0.25) is 9.67 Å². The molecule has 1 fully saturated rings. The summed E-state index contributed by atoms with van der Waals surface area (Å²) in [6, 6.07) is 6.45. The van der Waals surface area contributed by atoms with Crippen molar-refractivity contribution in [1.29, 1.82) is 0 Å². The second kappa shape index (κ2) is 11.2. The fourth-order valence-electron chi connectivity index (χ4n) is 3.03. The molecule has 7 heteroatoms. The third kappa shape index (κ3) is 7.09. The highest BCUT2D eigenvalue weighted by Crippen LogP contribution is 2.17. The summed E-state index contributed by atoms with van der Waals surface area (Å²) < 4.78 is 7.33. The van der Waals surface area contributed by atoms with Gasteiger partial charge >= 0.3 is 0 Å². The first-order valence-electron chi connectivity index (χ1n) is 8.95. The molecule has 0 bridgehead atoms. The Morgan fingerprint density at radius 2 is 2.20 bits per heavy atom. The molecule has 2 heterocycles. The van der Waals surface area contributed by atoms with Crippen molar-refractivity contribution in [3.63, 3.8) is 0 Å². The molecular formula is C18H28IN5O. The standard InChI is InChI=1S/C18H27N5O.HI/c1-2-7-16(6-1)22-18(20-12-9-17-8-3-15-24-17)19-10-4-13-23-14-5-11-21-23;/h3,5,8,11,14-16H,1-2,4,6-7,9-10,12-13H2,(H2,19,20,22);1H. The molecule has 3 rings (SSSR count). The van der Waals surface area contributed by atoms with Gasteiger partial charge in [-0.25, -0.2) is 0 Å². The number of nitrogens with one attached hydrogen (secondary N) is 2. The summed E-state index contributed by atoms with van der Waals surface area (Å²) in [4.78, 5) is 4.73. The lowest BCUT2D eigenvalue weighted by atomic mass is 10.2. The van der Waals surface area contributed by atoms with Crippen LogP contribution in [-0.2, 0) is 13.0 Å². The molecule has 2 aromatic rings. The Morgan fingerprint density at radius 3 is 2.92 bits per heavy atom. The Bertz CT molecular complexity index is 591. The number of rotatable bonds is 8. The summed E-state index contributed by atoms with van der Waals surface area (Å²) in [5.41, 5.74) is 0. The van der Waals surface area contributed by atoms with Gasteiger partial charge < -0.3 is 15.1 Å². The quantitative estimate of drug-likeness (QED) is 0.277. The van der Waals surface area contributed by atoms with E-state index >= 15 is 0 Å². The first-order chi connectivity index (χ1) is 11.9. The van der Waals surface area contributed by atoms with Crippen LogP contribution >= 0.6 is 24.0 Å². The van der Waals surface area contributed by atoms with Gasteiger partial charge in [0.15, 0.2) is 5.96 Å². The highest BCUT2D eigenvalue weighted by molar-refractivity contribution is 14.0. The fraction of sp³-hybridized carbons (Fsp3) is 0.556. The largest absolute Gasteiger partial charge is 0.469 e. The third-order valence-corrected chi connectivity index (χ3v) is 4.31. The number of furan rings is 1. The predicted molar refractivity (Wildman–Crippen MR) is 110 cm³/mol. The van der Waals surface area contributed by atoms with E-state index < -0.39 is 0 Å². The molecule has 0 saturated heterocycles. The van der Waals surface area contributed by atoms with Crippen molar-refractivity contribution in [1.82, 2.24) is 20.4 Å². The molecule has 0 spiro atoms. The second-order valence-corrected chi connectivity index (χ2v) is 6.23. The monoisotopic (exact) mass is 457 g/mol. The summed E-state index contributed by atoms with van der Waals surface area (Å²) >= 11 is 0. The Kier molecular flexibility index (Phi) is 8.85. The van der Waals surface area contributed by atoms with Crippen LogP contribution in [-0.4, -0.2) is 34.9 Å². The van der Waals surface area contributed by atoms with Crippen LogP contribution in [0.3, 0.4) is 0 Å². The molecule has 0 radical (unpaired) electrons. The van der Waals surface area contributed by atoms with Crippen molar-refractivity contribution >= 4 is 29.9 Å². The van der Waals surface area contributed by atoms with Crippen LogP contribution in [0.15, 0.2) is 46.3 Å². The smallest absolute Gasteiger partial charge is 0.191 e. The minimum Gasteiger partial charge on any atom is -0.469 e. The number of guanidine groups is 1. The van der Waals surface area contributed by atoms with Crippen LogP contribution in [0.4, 0.5) is 0 Å². The number of halogens is 1. The van der Waals surface area contributed by atoms with Gasteiger partial charge in [-0.2, -0.15) is 5.10 Å². The lowest BCUT2D eigenvalue weighted by Crippen LogP contribution is -2.43. The molecule has 0 atom stereocenters. The van der Waals surface area contributed by atoms with E-state index in [4.69, 9.17) is 9.41 Å². The number of aryl methyl sites for hydroxylation is 1. The maximum absolute atomic E-state index is 5.38. The topological polar surface area (TPSA) is 67.4 Å². The molecule has 0 unspecified atom stereocenters. The fourth-order valence-corrected chi connectivity index (χ4v) is 3.03. The molecule has 1 aliphatic rings. The van der Waals surface area contributed by atoms with Crippen molar-refractivity contribution in [2.24, 2.45) is 4.99 Å². The van der Waals surface area contributed by atoms with E-state index in [2.05, 4.69) is 15.7 Å². The Morgan fingerprint density at radius 1 is 1.32 bits per heavy atom. The van der Waals surface area contributed by atoms with Crippen LogP contribution in [0, 0.1) is 0 Å². The maximum atomic E-state index is 5.38. The van der Waals surface area contributed by atoms with Crippen molar-refractivity contribution in [3.8, 4) is 0 Å². The van der Waals surface area contributed by atoms with Crippen LogP contribution in [0.1, 0.15) is 37.9 Å². The number of aromatic nitrogens is 2. The molecule has 0 aromatic carbocycles. The SMILES string of the molecule is I.c1coc(CCNC(=NCCCn2cccn2)NC2CCCC2)c1. The van der Waals surface area contributed by atoms with E-state index in [0.717, 1.165) is 44.2 Å². The minimum absolute atomic E-state index is 0. The summed E-state index contributed by atoms with van der Waals surface area (Å²) in [5.74, 6) is 1.93. The van der Waals surface area contributed by atoms with Crippen LogP contribution in [0.5, 0.6) is 0 Å². The number of nitrogens with zero attached hydrogens (tertiary/aromatic N) is 3. The molecule has 0 amide bonds. The predicted octanol–water partition coefficient (Wildman–Crippen LogP) is 3.20. The van der Waals surface area contributed by atoms with Crippen molar-refractivity contribution in [3.05, 3.63) is 42.6 Å². The van der Waals surface area contributed by atoms with E-state index in [-0.39, 0.29) is 24.0 Å². The van der Waals surface area contributed by atoms with Crippen molar-refractivity contribution < 1.29 is 4.42 Å². The van der Waals surface area contributed by atoms with Gasteiger partial charge in [-0.05, 0) is 37.5 Å². The minimum atomic E-state index is 0. The van der Waals surface area contributed by atoms with Gasteiger partial charge in [0.2, 0.25) is 0 Å². The van der Waals surface area contributed by atoms with E-state index in [9.17, 15) is 0 Å². The number of aliphatic imine (C=N–C) groups is 1. The normalized spacial score (nSPS) is 15.1. The zero-order valence-electron chi connectivity index (χ0n) is 14.6. The summed E-state index contributed by atoms with van der Waals surface area (Å²) in [5, 5.41) is 11.2. The lowest BCUT2D eigenvalue weighted by Gasteiger charge is -2.17. The van der Waals surface area contributed by atoms with Crippen LogP contribution < -0.4 is 10.6 Å². The van der Waals surface area contributed by atoms with E-state index in [0.29, 0.717) is 6.04 Å². The van der Waals surface area contributed by atoms with Crippen LogP contribution in [0.2, 0.25) is 0 Å². The zero-order valence-corrected chi connectivity index (χ0v) is 16.9. The summed E-state index contributed by atoms with van der Waals surface area (Å²) in [6.07, 6.45) is 12.5. The first-order valence-corrected chi connectivity index (χ1v) is 8.95. The highest BCUT2D eigenvalue weighted by Gasteiger charge is 2.15. The first kappa shape index (κ1) is 19.8. The maximum Gasteiger partial charge on any atom is 0.191 e. The Hall–Kier alpha value is -1.51. The summed E-state index contributed by atoms with van der Waals surface area (Å²) in [7, 11) is 0. The average Bonchev–Trinajstić information content (AvgIpc) is 3.34. The molecule has 1 aliphatic carbocycles. The van der Waals surface area contributed by atoms with Crippen molar-refractivity contribution in [2.45, 2.75) is 51.1 Å². The van der Waals surface area contributed by atoms with Crippen LogP contribution in [0.25, 0.3) is 0 Å². The van der Waals surface area contributed by atoms with E-state index in [1.54, 1.807) is 6.26 Å². The average molecular weight is 457 g/mol. The zero-order chi connectivity index (χ0) is 16.5. The van der Waals surface area contributed by atoms with Gasteiger partial charge in [0.25, 0.3) is 0 Å². The molecule has 2 aromatic heterocycles. The highest BCUT2D eigenvalue weighted by atomic mass is 127. The molecule has 2 N–H and O–H groups in total. The number of hydrogen-bond acceptors (Lipinski definition) is 3. The van der Waals surface area contributed by atoms with Crippen molar-refractivity contribution in [2.75, 3.05) is 13.1 Å². The van der Waals surface area contributed by atoms with E-state index in [1.807, 2.05) is 35.3 Å². The molecule has 6 nitrogen and oxygen atoms in total. The number of hydrogen-bond donors (Lipinski definition) is 2. The van der Waals surface area contributed by atoms with Gasteiger partial charge in [-0.15, -0.1) is 24.0 Å². The molecular weight excluding hydrogens is 429 g/mol. The molecule has 0 aliphatic heterocycles. The molecule has 25 heavy (non-hydrogen) atoms. The molecule has 138 valence electrons. The lowest BCUT2D eigenvalue weighted by molar-refractivity contribution is 0.505. The van der Waals surface area contributed by atoms with E-state index in [1.165, 1.54) is 25.7 Å².